The maximum absolute atomic E-state index is 13.6. The number of nitrogens with zero attached hydrogens (tertiary/aromatic N) is 3. The Bertz CT molecular complexity index is 1640. The van der Waals surface area contributed by atoms with Gasteiger partial charge in [0.25, 0.3) is 5.91 Å². The minimum Gasteiger partial charge on any atom is -0.367 e. The van der Waals surface area contributed by atoms with Crippen LogP contribution in [0.5, 0.6) is 0 Å². The molecule has 2 aliphatic heterocycles. The fraction of sp³-hybridized carbons (Fsp3) is 0.395. The molecule has 8 nitrogen and oxygen atoms in total. The molecule has 3 aromatic carbocycles. The van der Waals surface area contributed by atoms with E-state index in [0.717, 1.165) is 60.3 Å². The van der Waals surface area contributed by atoms with Gasteiger partial charge in [-0.2, -0.15) is 5.10 Å². The molecule has 2 bridgehead atoms. The number of nitrogens with one attached hydrogen (secondary N) is 2. The molecule has 0 spiro atoms. The first-order valence-electron chi connectivity index (χ1n) is 16.3. The molecule has 1 aromatic heterocycles. The van der Waals surface area contributed by atoms with Gasteiger partial charge < -0.3 is 15.0 Å². The van der Waals surface area contributed by atoms with E-state index >= 15 is 0 Å². The van der Waals surface area contributed by atoms with E-state index in [1.165, 1.54) is 5.56 Å². The highest BCUT2D eigenvalue weighted by molar-refractivity contribution is 5.99. The van der Waals surface area contributed by atoms with Crippen LogP contribution in [0.1, 0.15) is 74.9 Å². The molecule has 2 N–H and O–H groups in total. The lowest BCUT2D eigenvalue weighted by atomic mass is 9.85. The summed E-state index contributed by atoms with van der Waals surface area (Å²) >= 11 is 0. The number of amides is 3. The monoisotopic (exact) mass is 619 g/mol. The van der Waals surface area contributed by atoms with Crippen molar-refractivity contribution in [2.75, 3.05) is 17.7 Å². The van der Waals surface area contributed by atoms with E-state index in [1.807, 2.05) is 79.7 Å². The minimum absolute atomic E-state index is 0.0879. The summed E-state index contributed by atoms with van der Waals surface area (Å²) in [4.78, 5) is 28.8. The van der Waals surface area contributed by atoms with E-state index in [4.69, 9.17) is 9.84 Å². The van der Waals surface area contributed by atoms with Crippen molar-refractivity contribution in [1.29, 1.82) is 0 Å². The van der Waals surface area contributed by atoms with Gasteiger partial charge in [0.15, 0.2) is 6.10 Å². The number of methoxy groups -OCH3 is 1. The van der Waals surface area contributed by atoms with Crippen molar-refractivity contribution in [2.45, 2.75) is 83.4 Å². The second-order valence-corrected chi connectivity index (χ2v) is 13.9. The zero-order chi connectivity index (χ0) is 32.4. The fourth-order valence-electron chi connectivity index (χ4n) is 7.01. The van der Waals surface area contributed by atoms with Gasteiger partial charge in [0.2, 0.25) is 0 Å². The second-order valence-electron chi connectivity index (χ2n) is 13.9. The first-order valence-corrected chi connectivity index (χ1v) is 16.3. The molecule has 3 heterocycles. The lowest BCUT2D eigenvalue weighted by Crippen LogP contribution is -2.49. The number of hydrogen-bond donors (Lipinski definition) is 2. The van der Waals surface area contributed by atoms with E-state index in [1.54, 1.807) is 11.8 Å². The summed E-state index contributed by atoms with van der Waals surface area (Å²) in [5.41, 5.74) is 5.65. The molecule has 2 saturated heterocycles. The quantitative estimate of drug-likeness (QED) is 0.211. The van der Waals surface area contributed by atoms with Crippen molar-refractivity contribution in [3.05, 3.63) is 107 Å². The second kappa shape index (κ2) is 13.1. The van der Waals surface area contributed by atoms with Gasteiger partial charge in [-0.1, -0.05) is 80.9 Å². The molecule has 240 valence electrons. The number of fused-ring (bicyclic) bond motifs is 2. The van der Waals surface area contributed by atoms with E-state index in [2.05, 4.69) is 48.4 Å². The Kier molecular flexibility index (Phi) is 9.00. The maximum atomic E-state index is 13.6. The fourth-order valence-corrected chi connectivity index (χ4v) is 7.01. The lowest BCUT2D eigenvalue weighted by Gasteiger charge is -2.40. The molecule has 2 fully saturated rings. The van der Waals surface area contributed by atoms with Crippen LogP contribution in [0.15, 0.2) is 84.9 Å². The minimum atomic E-state index is -0.554. The molecule has 6 rings (SSSR count). The Labute approximate surface area is 272 Å². The zero-order valence-corrected chi connectivity index (χ0v) is 27.5. The molecular weight excluding hydrogens is 574 g/mol. The Morgan fingerprint density at radius 1 is 0.913 bits per heavy atom. The molecular formula is C38H45N5O3. The van der Waals surface area contributed by atoms with Gasteiger partial charge in [-0.15, -0.1) is 0 Å². The van der Waals surface area contributed by atoms with Crippen LogP contribution < -0.4 is 10.6 Å². The molecule has 3 atom stereocenters. The van der Waals surface area contributed by atoms with Crippen molar-refractivity contribution in [3.63, 3.8) is 0 Å². The van der Waals surface area contributed by atoms with Crippen molar-refractivity contribution < 1.29 is 14.3 Å². The Morgan fingerprint density at radius 3 is 2.17 bits per heavy atom. The lowest BCUT2D eigenvalue weighted by molar-refractivity contribution is -0.147. The Balaban J connectivity index is 1.06. The smallest absolute Gasteiger partial charge is 0.324 e. The third-order valence-corrected chi connectivity index (χ3v) is 9.38. The standard InChI is InChI=1S/C38H45N5O3/c1-25-11-17-30(18-12-25)43-34(24-33(41-43)38(2,3)4)40-37(45)39-29-15-13-26(14-16-29)21-27-22-31-19-20-32(23-27)42(31)36(44)35(46-5)28-9-7-6-8-10-28/h6-18,24,27,31-32,35H,19-23H2,1-5H3,(H2,39,40,45)/t27?,31?,32?,35-/m1/s1. The van der Waals surface area contributed by atoms with Gasteiger partial charge >= 0.3 is 6.03 Å². The molecule has 46 heavy (non-hydrogen) atoms. The summed E-state index contributed by atoms with van der Waals surface area (Å²) < 4.78 is 7.47. The summed E-state index contributed by atoms with van der Waals surface area (Å²) in [5.74, 6) is 1.22. The van der Waals surface area contributed by atoms with Crippen LogP contribution in [0, 0.1) is 12.8 Å². The molecule has 2 unspecified atom stereocenters. The van der Waals surface area contributed by atoms with Crippen LogP contribution in [0.25, 0.3) is 5.69 Å². The summed E-state index contributed by atoms with van der Waals surface area (Å²) in [7, 11) is 1.62. The third kappa shape index (κ3) is 6.87. The van der Waals surface area contributed by atoms with Crippen LogP contribution in [0.4, 0.5) is 16.3 Å². The van der Waals surface area contributed by atoms with E-state index in [0.29, 0.717) is 11.7 Å². The third-order valence-electron chi connectivity index (χ3n) is 9.38. The molecule has 0 radical (unpaired) electrons. The van der Waals surface area contributed by atoms with Gasteiger partial charge in [0.1, 0.15) is 5.82 Å². The molecule has 8 heteroatoms. The number of anilines is 2. The van der Waals surface area contributed by atoms with Gasteiger partial charge in [0, 0.05) is 36.4 Å². The maximum Gasteiger partial charge on any atom is 0.324 e. The highest BCUT2D eigenvalue weighted by atomic mass is 16.5. The average molecular weight is 620 g/mol. The molecule has 0 saturated carbocycles. The number of benzene rings is 3. The van der Waals surface area contributed by atoms with Crippen molar-refractivity contribution in [3.8, 4) is 5.69 Å². The summed E-state index contributed by atoms with van der Waals surface area (Å²) in [6, 6.07) is 28.1. The van der Waals surface area contributed by atoms with Gasteiger partial charge in [-0.05, 0) is 80.3 Å². The van der Waals surface area contributed by atoms with E-state index in [9.17, 15) is 9.59 Å². The number of ether oxygens (including phenoxy) is 1. The molecule has 2 aliphatic rings. The van der Waals surface area contributed by atoms with Gasteiger partial charge in [-0.3, -0.25) is 10.1 Å². The molecule has 4 aromatic rings. The van der Waals surface area contributed by atoms with Crippen molar-refractivity contribution in [1.82, 2.24) is 14.7 Å². The topological polar surface area (TPSA) is 88.5 Å². The largest absolute Gasteiger partial charge is 0.367 e. The van der Waals surface area contributed by atoms with Gasteiger partial charge in [-0.25, -0.2) is 9.48 Å². The van der Waals surface area contributed by atoms with Crippen LogP contribution in [0.3, 0.4) is 0 Å². The molecule has 3 amide bonds. The number of hydrogen-bond acceptors (Lipinski definition) is 4. The number of urea groups is 1. The summed E-state index contributed by atoms with van der Waals surface area (Å²) in [5, 5.41) is 10.8. The summed E-state index contributed by atoms with van der Waals surface area (Å²) in [6.07, 6.45) is 4.51. The predicted molar refractivity (Wildman–Crippen MR) is 182 cm³/mol. The van der Waals surface area contributed by atoms with Crippen molar-refractivity contribution >= 4 is 23.4 Å². The van der Waals surface area contributed by atoms with Gasteiger partial charge in [0.05, 0.1) is 11.4 Å². The SMILES string of the molecule is CO[C@@H](C(=O)N1C2CCC1CC(Cc1ccc(NC(=O)Nc3cc(C(C)(C)C)nn3-c3ccc(C)cc3)cc1)C2)c1ccccc1. The van der Waals surface area contributed by atoms with E-state index in [-0.39, 0.29) is 29.4 Å². The number of carbonyl (C=O) groups excluding carboxylic acids is 2. The highest BCUT2D eigenvalue weighted by Gasteiger charge is 2.45. The first kappa shape index (κ1) is 31.5. The Hall–Kier alpha value is -4.43. The van der Waals surface area contributed by atoms with Crippen LogP contribution in [-0.2, 0) is 21.4 Å². The Morgan fingerprint density at radius 2 is 1.57 bits per heavy atom. The predicted octanol–water partition coefficient (Wildman–Crippen LogP) is 7.82. The highest BCUT2D eigenvalue weighted by Crippen LogP contribution is 2.41. The van der Waals surface area contributed by atoms with Crippen LogP contribution in [0.2, 0.25) is 0 Å². The average Bonchev–Trinajstić information content (AvgIpc) is 3.57. The number of rotatable bonds is 8. The van der Waals surface area contributed by atoms with Crippen LogP contribution >= 0.6 is 0 Å². The first-order chi connectivity index (χ1) is 22.1. The van der Waals surface area contributed by atoms with E-state index < -0.39 is 6.10 Å². The number of aryl methyl sites for hydroxylation is 1. The van der Waals surface area contributed by atoms with Crippen LogP contribution in [-0.4, -0.2) is 45.8 Å². The normalized spacial score (nSPS) is 19.9. The number of aromatic nitrogens is 2. The number of carbonyl (C=O) groups is 2. The summed E-state index contributed by atoms with van der Waals surface area (Å²) in [6.45, 7) is 8.37. The number of piperidine rings is 1. The zero-order valence-electron chi connectivity index (χ0n) is 27.5. The van der Waals surface area contributed by atoms with Crippen molar-refractivity contribution in [2.24, 2.45) is 5.92 Å². The molecule has 0 aliphatic carbocycles.